The number of aromatic amines is 3. The number of imidazole rings is 4. The Kier molecular flexibility index (Phi) is 18.9. The smallest absolute Gasteiger partial charge is 0.387 e. The molecule has 4 saturated heterocycles. The third-order valence-electron chi connectivity index (χ3n) is 15.6. The number of rotatable bonds is 25. The van der Waals surface area contributed by atoms with Gasteiger partial charge in [-0.3, -0.25) is 69.8 Å². The molecule has 12 rings (SSSR count). The van der Waals surface area contributed by atoms with Crippen LogP contribution in [0.15, 0.2) is 46.0 Å². The van der Waals surface area contributed by atoms with Crippen LogP contribution in [0, 0.1) is 6.92 Å². The fourth-order valence-electron chi connectivity index (χ4n) is 11.1. The van der Waals surface area contributed by atoms with Crippen LogP contribution in [-0.2, 0) is 95.0 Å². The van der Waals surface area contributed by atoms with Gasteiger partial charge in [-0.15, -0.1) is 0 Å². The molecular weight excluding hydrogens is 1430 g/mol. The van der Waals surface area contributed by atoms with Gasteiger partial charge in [-0.2, -0.15) is 18.2 Å². The van der Waals surface area contributed by atoms with E-state index in [2.05, 4.69) is 63.4 Å². The van der Waals surface area contributed by atoms with Gasteiger partial charge in [0.25, 0.3) is 22.6 Å². The summed E-state index contributed by atoms with van der Waals surface area (Å²) in [7, 11) is -27.7. The number of phosphoric ester groups is 4. The lowest BCUT2D eigenvalue weighted by molar-refractivity contribution is -0.801. The van der Waals surface area contributed by atoms with Crippen molar-refractivity contribution in [1.29, 1.82) is 0 Å². The molecule has 534 valence electrons. The fourth-order valence-corrected chi connectivity index (χ4v) is 16.6. The Hall–Kier alpha value is -6.77. The topological polar surface area (TPSA) is 711 Å². The van der Waals surface area contributed by atoms with Gasteiger partial charge in [-0.1, -0.05) is 4.98 Å². The van der Waals surface area contributed by atoms with Gasteiger partial charge in [-0.25, -0.2) is 52.7 Å². The Balaban J connectivity index is 0.753. The van der Waals surface area contributed by atoms with Gasteiger partial charge in [0.05, 0.1) is 59.1 Å². The van der Waals surface area contributed by atoms with E-state index in [-0.39, 0.29) is 56.3 Å². The Morgan fingerprint density at radius 1 is 0.602 bits per heavy atom. The zero-order chi connectivity index (χ0) is 70.7. The van der Waals surface area contributed by atoms with Crippen LogP contribution < -0.4 is 38.4 Å². The number of aliphatic hydroxyl groups is 5. The number of nitrogen functional groups attached to an aromatic ring is 3. The van der Waals surface area contributed by atoms with Crippen molar-refractivity contribution in [2.75, 3.05) is 64.0 Å². The first-order valence-corrected chi connectivity index (χ1v) is 35.3. The van der Waals surface area contributed by atoms with E-state index in [1.165, 1.54) is 18.5 Å². The summed E-state index contributed by atoms with van der Waals surface area (Å²) in [4.78, 5) is 132. The molecule has 0 spiro atoms. The number of ether oxygens (including phenoxy) is 5. The Morgan fingerprint density at radius 2 is 1.12 bits per heavy atom. The van der Waals surface area contributed by atoms with E-state index in [4.69, 9.17) is 68.0 Å². The monoisotopic (exact) mass is 1490 g/mol. The summed E-state index contributed by atoms with van der Waals surface area (Å²) in [5.41, 5.74) is 8.12. The van der Waals surface area contributed by atoms with Gasteiger partial charge in [0.1, 0.15) is 79.2 Å². The van der Waals surface area contributed by atoms with Gasteiger partial charge in [0.2, 0.25) is 17.2 Å². The zero-order valence-electron chi connectivity index (χ0n) is 49.9. The quantitative estimate of drug-likeness (QED) is 0.0187. The number of aryl methyl sites for hydroxylation is 2. The SMILES string of the molecule is CO[C@H]1C(OP(=O)(O)OC[C@H]2O[C@@H](n3cnc4c(N)ncnc43)[C@@H](O)C2OP(=O)(O)OC[C@H]2O[C@@H](n3cnc4c(=O)[nH]c(C)nc43)[C@@H](O)C2O)[C@@H](COP(=O)(O)OP(=O)(O)OP(=O)(O)OCC2(O)COCC2(O)[n+]2cn(C)c3c(=O)[nH]c(N)nc32)O[C@H]1n1cnc2c(=O)[nH]c(N)nc21. The second-order valence-corrected chi connectivity index (χ2v) is 29.5. The number of nitrogens with two attached hydrogens (primary N) is 3. The van der Waals surface area contributed by atoms with E-state index in [1.807, 2.05) is 0 Å². The number of H-pyrrole nitrogens is 3. The van der Waals surface area contributed by atoms with Gasteiger partial charge in [-0.05, 0) is 6.92 Å². The van der Waals surface area contributed by atoms with Crippen molar-refractivity contribution >= 4 is 101 Å². The summed E-state index contributed by atoms with van der Waals surface area (Å²) < 4.78 is 142. The number of anilines is 3. The Bertz CT molecular complexity index is 4860. The molecule has 10 unspecified atom stereocenters. The van der Waals surface area contributed by atoms with Crippen molar-refractivity contribution in [1.82, 2.24) is 73.1 Å². The van der Waals surface area contributed by atoms with Crippen molar-refractivity contribution in [3.63, 3.8) is 0 Å². The summed E-state index contributed by atoms with van der Waals surface area (Å²) in [6, 6.07) is 0. The molecule has 55 heteroatoms. The van der Waals surface area contributed by atoms with Crippen LogP contribution in [0.2, 0.25) is 0 Å². The first-order valence-electron chi connectivity index (χ1n) is 27.8. The second kappa shape index (κ2) is 26.0. The molecule has 4 aliphatic rings. The van der Waals surface area contributed by atoms with Crippen LogP contribution >= 0.6 is 39.1 Å². The highest BCUT2D eigenvalue weighted by Crippen LogP contribution is 2.68. The summed E-state index contributed by atoms with van der Waals surface area (Å²) in [6.45, 7) is -5.45. The number of phosphoric acid groups is 5. The average molecular weight is 1490 g/mol. The minimum Gasteiger partial charge on any atom is -0.387 e. The maximum absolute atomic E-state index is 14.3. The predicted octanol–water partition coefficient (Wildman–Crippen LogP) is -5.72. The van der Waals surface area contributed by atoms with Crippen molar-refractivity contribution < 1.29 is 137 Å². The molecule has 98 heavy (non-hydrogen) atoms. The van der Waals surface area contributed by atoms with E-state index in [0.29, 0.717) is 0 Å². The number of aliphatic hydroxyl groups excluding tert-OH is 3. The minimum atomic E-state index is -6.40. The standard InChI is InChI=1S/C43H56N19O31P5/c1-15-52-31-20(34(66)53-15)50-12-60(31)37-24(64)23(63)16(87-37)4-83-94(71,72)90-26-17(88-38(25(26)65)59-11-49-19-29(44)47-10-48-30(19)59)5-84-95(73,74)91-27-18(89-39(28(27)81-3)61-13-51-21-32(61)54-40(45)56-35(21)67)6-85-96(75,76)92-98(79,80)93-97(77,78)86-8-42(69)7-82-9-43(42,70)62-14-58(2)22-33(62)55-41(46)57-36(22)68/h10-14,16-18,23-28,37-39,63-65,69-70H,4-9H2,1-3H3,(H13-,44,45,46,47,48,52,53,54,55,56,57,66,67,68,71,72,73,74,75,76,77,78,79,80)/p+1/t16-,17-,18-,23?,24+,25+,26?,27?,28+,37-,38-,39-,42?,43?/m1/s1. The molecule has 8 aromatic rings. The lowest BCUT2D eigenvalue weighted by atomic mass is 9.94. The van der Waals surface area contributed by atoms with E-state index < -0.39 is 192 Å². The lowest BCUT2D eigenvalue weighted by Gasteiger charge is -2.33. The molecule has 4 aliphatic heterocycles. The summed E-state index contributed by atoms with van der Waals surface area (Å²) in [6.07, 6.45) is -17.3. The fraction of sp³-hybridized carbons (Fsp3) is 0.535. The van der Waals surface area contributed by atoms with E-state index in [9.17, 15) is 87.2 Å². The number of nitrogens with zero attached hydrogens (tertiary/aromatic N) is 13. The van der Waals surface area contributed by atoms with Crippen molar-refractivity contribution in [3.05, 3.63) is 68.5 Å². The normalized spacial score (nSPS) is 30.7. The van der Waals surface area contributed by atoms with Gasteiger partial charge < -0.3 is 95.9 Å². The molecule has 0 saturated carbocycles. The molecule has 12 heterocycles. The molecule has 50 nitrogen and oxygen atoms in total. The summed E-state index contributed by atoms with van der Waals surface area (Å²) in [5.74, 6) is -0.894. The Morgan fingerprint density at radius 3 is 1.79 bits per heavy atom. The third-order valence-corrected chi connectivity index (χ3v) is 21.8. The van der Waals surface area contributed by atoms with Gasteiger partial charge in [0, 0.05) is 7.11 Å². The van der Waals surface area contributed by atoms with Crippen molar-refractivity contribution in [3.8, 4) is 0 Å². The highest BCUT2D eigenvalue weighted by atomic mass is 31.3. The molecule has 8 aromatic heterocycles. The van der Waals surface area contributed by atoms with Crippen LogP contribution in [-0.4, -0.2) is 230 Å². The van der Waals surface area contributed by atoms with Gasteiger partial charge in [0.15, 0.2) is 64.4 Å². The molecule has 4 fully saturated rings. The maximum Gasteiger partial charge on any atom is 0.490 e. The lowest BCUT2D eigenvalue weighted by Crippen LogP contribution is -2.70. The zero-order valence-corrected chi connectivity index (χ0v) is 54.4. The molecule has 0 aliphatic carbocycles. The van der Waals surface area contributed by atoms with Crippen molar-refractivity contribution in [2.24, 2.45) is 7.05 Å². The molecule has 0 aromatic carbocycles. The maximum atomic E-state index is 14.3. The predicted molar refractivity (Wildman–Crippen MR) is 312 cm³/mol. The Labute approximate surface area is 541 Å². The summed E-state index contributed by atoms with van der Waals surface area (Å²) in [5, 5.41) is 57.2. The molecule has 0 amide bonds. The highest BCUT2D eigenvalue weighted by Gasteiger charge is 2.62. The molecule has 19 N–H and O–H groups in total. The van der Waals surface area contributed by atoms with Crippen LogP contribution in [0.5, 0.6) is 0 Å². The minimum absolute atomic E-state index is 0.0305. The number of hydrogen-bond donors (Lipinski definition) is 16. The average Bonchev–Trinajstić information content (AvgIpc) is 1.56. The molecule has 0 bridgehead atoms. The number of fused-ring (bicyclic) bond motifs is 4. The molecule has 0 radical (unpaired) electrons. The van der Waals surface area contributed by atoms with Crippen LogP contribution in [0.3, 0.4) is 0 Å². The van der Waals surface area contributed by atoms with Crippen molar-refractivity contribution in [2.45, 2.75) is 91.9 Å². The van der Waals surface area contributed by atoms with E-state index in [0.717, 1.165) is 57.0 Å². The van der Waals surface area contributed by atoms with Crippen LogP contribution in [0.25, 0.3) is 44.7 Å². The first kappa shape index (κ1) is 71.1. The van der Waals surface area contributed by atoms with Crippen LogP contribution in [0.1, 0.15) is 24.5 Å². The highest BCUT2D eigenvalue weighted by molar-refractivity contribution is 7.66. The van der Waals surface area contributed by atoms with E-state index in [1.54, 1.807) is 0 Å². The number of aromatic nitrogens is 16. The van der Waals surface area contributed by atoms with Gasteiger partial charge >= 0.3 is 44.8 Å². The van der Waals surface area contributed by atoms with E-state index >= 15 is 0 Å². The number of methoxy groups -OCH3 is 1. The molecule has 19 atom stereocenters. The summed E-state index contributed by atoms with van der Waals surface area (Å²) >= 11 is 0. The second-order valence-electron chi connectivity index (χ2n) is 22.1. The first-order chi connectivity index (χ1) is 45.9. The largest absolute Gasteiger partial charge is 0.490 e. The van der Waals surface area contributed by atoms with Crippen LogP contribution in [0.4, 0.5) is 17.7 Å². The third kappa shape index (κ3) is 13.6. The number of nitrogens with one attached hydrogen (secondary N) is 3. The number of hydrogen-bond acceptors (Lipinski definition) is 37. The molecular formula is C43H57N19O31P5+.